The summed E-state index contributed by atoms with van der Waals surface area (Å²) in [6.07, 6.45) is 0. The molecule has 2 amide bonds. The number of furan rings is 1. The first-order valence-corrected chi connectivity index (χ1v) is 11.2. The van der Waals surface area contributed by atoms with Crippen molar-refractivity contribution in [2.24, 2.45) is 5.92 Å². The molecule has 6 nitrogen and oxygen atoms in total. The first-order valence-electron chi connectivity index (χ1n) is 10.8. The molecule has 2 aromatic carbocycles. The van der Waals surface area contributed by atoms with Gasteiger partial charge in [0.25, 0.3) is 5.91 Å². The fraction of sp³-hybridized carbons (Fsp3) is 0.280. The summed E-state index contributed by atoms with van der Waals surface area (Å²) in [5.41, 5.74) is 2.26. The van der Waals surface area contributed by atoms with Crippen molar-refractivity contribution in [3.63, 3.8) is 0 Å². The van der Waals surface area contributed by atoms with Gasteiger partial charge < -0.3 is 19.5 Å². The number of benzene rings is 2. The predicted molar refractivity (Wildman–Crippen MR) is 127 cm³/mol. The van der Waals surface area contributed by atoms with Crippen LogP contribution in [0, 0.1) is 11.7 Å². The molecule has 0 saturated carbocycles. The van der Waals surface area contributed by atoms with E-state index in [1.807, 2.05) is 43.0 Å². The lowest BCUT2D eigenvalue weighted by Crippen LogP contribution is -2.49. The van der Waals surface area contributed by atoms with E-state index in [0.29, 0.717) is 30.1 Å². The second-order valence-corrected chi connectivity index (χ2v) is 8.67. The zero-order valence-corrected chi connectivity index (χ0v) is 19.2. The number of rotatable bonds is 5. The number of nitrogens with zero attached hydrogens (tertiary/aromatic N) is 2. The summed E-state index contributed by atoms with van der Waals surface area (Å²) >= 11 is 5.83. The van der Waals surface area contributed by atoms with Gasteiger partial charge in [-0.05, 0) is 54.6 Å². The van der Waals surface area contributed by atoms with Crippen LogP contribution in [-0.2, 0) is 4.79 Å². The molecule has 0 spiro atoms. The largest absolute Gasteiger partial charge is 0.451 e. The molecule has 2 heterocycles. The minimum atomic E-state index is -0.515. The van der Waals surface area contributed by atoms with Crippen LogP contribution in [0.1, 0.15) is 24.4 Å². The second kappa shape index (κ2) is 9.67. The Kier molecular flexibility index (Phi) is 6.70. The van der Waals surface area contributed by atoms with Gasteiger partial charge >= 0.3 is 0 Å². The smallest absolute Gasteiger partial charge is 0.291 e. The second-order valence-electron chi connectivity index (χ2n) is 8.26. The van der Waals surface area contributed by atoms with Crippen molar-refractivity contribution in [3.8, 4) is 11.3 Å². The van der Waals surface area contributed by atoms with E-state index in [9.17, 15) is 14.0 Å². The number of anilines is 2. The van der Waals surface area contributed by atoms with Gasteiger partial charge in [0.1, 0.15) is 11.6 Å². The molecule has 1 aliphatic rings. The molecule has 0 bridgehead atoms. The molecular weight excluding hydrogens is 445 g/mol. The summed E-state index contributed by atoms with van der Waals surface area (Å²) in [4.78, 5) is 28.9. The van der Waals surface area contributed by atoms with Crippen LogP contribution in [0.2, 0.25) is 5.02 Å². The molecule has 0 atom stereocenters. The van der Waals surface area contributed by atoms with E-state index in [-0.39, 0.29) is 28.5 Å². The van der Waals surface area contributed by atoms with Gasteiger partial charge in [0.2, 0.25) is 5.91 Å². The van der Waals surface area contributed by atoms with Gasteiger partial charge in [0.05, 0.1) is 5.02 Å². The topological polar surface area (TPSA) is 65.8 Å². The molecule has 33 heavy (non-hydrogen) atoms. The standard InChI is InChI=1S/C25H25ClFN3O3/c1-16(2)25(32)30-13-11-29(12-14-30)19-6-4-18(5-7-19)28-24(31)23-10-9-22(33-23)17-3-8-21(27)20(26)15-17/h3-10,15-16H,11-14H2,1-2H3,(H,28,31). The third-order valence-corrected chi connectivity index (χ3v) is 5.90. The van der Waals surface area contributed by atoms with E-state index in [0.717, 1.165) is 18.8 Å². The van der Waals surface area contributed by atoms with Crippen LogP contribution in [0.25, 0.3) is 11.3 Å². The van der Waals surface area contributed by atoms with Crippen LogP contribution >= 0.6 is 11.6 Å². The molecule has 1 aromatic heterocycles. The van der Waals surface area contributed by atoms with E-state index >= 15 is 0 Å². The lowest BCUT2D eigenvalue weighted by Gasteiger charge is -2.37. The van der Waals surface area contributed by atoms with E-state index in [2.05, 4.69) is 10.2 Å². The Hall–Kier alpha value is -3.32. The van der Waals surface area contributed by atoms with Crippen molar-refractivity contribution >= 4 is 34.8 Å². The lowest BCUT2D eigenvalue weighted by atomic mass is 10.1. The van der Waals surface area contributed by atoms with E-state index in [4.69, 9.17) is 16.0 Å². The van der Waals surface area contributed by atoms with Crippen molar-refractivity contribution in [3.05, 3.63) is 71.2 Å². The Morgan fingerprint density at radius 1 is 1.00 bits per heavy atom. The monoisotopic (exact) mass is 469 g/mol. The Morgan fingerprint density at radius 3 is 2.33 bits per heavy atom. The highest BCUT2D eigenvalue weighted by molar-refractivity contribution is 6.31. The summed E-state index contributed by atoms with van der Waals surface area (Å²) in [6.45, 7) is 6.79. The molecule has 0 unspecified atom stereocenters. The number of hydrogen-bond donors (Lipinski definition) is 1. The van der Waals surface area contributed by atoms with Gasteiger partial charge in [0, 0.05) is 49.0 Å². The van der Waals surface area contributed by atoms with E-state index in [1.54, 1.807) is 18.2 Å². The van der Waals surface area contributed by atoms with Crippen molar-refractivity contribution < 1.29 is 18.4 Å². The molecular formula is C25H25ClFN3O3. The molecule has 3 aromatic rings. The molecule has 0 radical (unpaired) electrons. The van der Waals surface area contributed by atoms with Crippen LogP contribution in [0.15, 0.2) is 59.0 Å². The van der Waals surface area contributed by atoms with Crippen LogP contribution in [-0.4, -0.2) is 42.9 Å². The Bertz CT molecular complexity index is 1150. The molecule has 1 fully saturated rings. The number of hydrogen-bond acceptors (Lipinski definition) is 4. The molecule has 0 aliphatic carbocycles. The summed E-state index contributed by atoms with van der Waals surface area (Å²) < 4.78 is 19.0. The fourth-order valence-electron chi connectivity index (χ4n) is 3.76. The van der Waals surface area contributed by atoms with Gasteiger partial charge in [-0.2, -0.15) is 0 Å². The first-order chi connectivity index (χ1) is 15.8. The fourth-order valence-corrected chi connectivity index (χ4v) is 3.94. The van der Waals surface area contributed by atoms with Crippen LogP contribution in [0.5, 0.6) is 0 Å². The molecule has 1 saturated heterocycles. The number of amides is 2. The predicted octanol–water partition coefficient (Wildman–Crippen LogP) is 5.30. The van der Waals surface area contributed by atoms with Crippen molar-refractivity contribution in [2.75, 3.05) is 36.4 Å². The number of carbonyl (C=O) groups is 2. The maximum atomic E-state index is 13.4. The van der Waals surface area contributed by atoms with Gasteiger partial charge in [-0.25, -0.2) is 4.39 Å². The van der Waals surface area contributed by atoms with Crippen LogP contribution in [0.4, 0.5) is 15.8 Å². The van der Waals surface area contributed by atoms with Crippen LogP contribution < -0.4 is 10.2 Å². The molecule has 1 N–H and O–H groups in total. The quantitative estimate of drug-likeness (QED) is 0.551. The normalized spacial score (nSPS) is 14.0. The zero-order chi connectivity index (χ0) is 23.5. The maximum absolute atomic E-state index is 13.4. The third-order valence-electron chi connectivity index (χ3n) is 5.61. The molecule has 4 rings (SSSR count). The highest BCUT2D eigenvalue weighted by atomic mass is 35.5. The average molecular weight is 470 g/mol. The minimum Gasteiger partial charge on any atom is -0.451 e. The Morgan fingerprint density at radius 2 is 1.70 bits per heavy atom. The summed E-state index contributed by atoms with van der Waals surface area (Å²) in [6, 6.07) is 15.0. The minimum absolute atomic E-state index is 0.0112. The highest BCUT2D eigenvalue weighted by Gasteiger charge is 2.23. The van der Waals surface area contributed by atoms with Crippen molar-refractivity contribution in [1.29, 1.82) is 0 Å². The Labute approximate surface area is 196 Å². The Balaban J connectivity index is 1.36. The van der Waals surface area contributed by atoms with E-state index < -0.39 is 5.82 Å². The van der Waals surface area contributed by atoms with Crippen molar-refractivity contribution in [1.82, 2.24) is 4.90 Å². The van der Waals surface area contributed by atoms with Gasteiger partial charge in [-0.3, -0.25) is 9.59 Å². The number of nitrogens with one attached hydrogen (secondary N) is 1. The SMILES string of the molecule is CC(C)C(=O)N1CCN(c2ccc(NC(=O)c3ccc(-c4ccc(F)c(Cl)c4)o3)cc2)CC1. The van der Waals surface area contributed by atoms with Crippen molar-refractivity contribution in [2.45, 2.75) is 13.8 Å². The third kappa shape index (κ3) is 5.20. The number of carbonyl (C=O) groups excluding carboxylic acids is 2. The average Bonchev–Trinajstić information content (AvgIpc) is 3.31. The van der Waals surface area contributed by atoms with Crippen LogP contribution in [0.3, 0.4) is 0 Å². The molecule has 8 heteroatoms. The highest BCUT2D eigenvalue weighted by Crippen LogP contribution is 2.27. The zero-order valence-electron chi connectivity index (χ0n) is 18.5. The number of piperazine rings is 1. The van der Waals surface area contributed by atoms with Gasteiger partial charge in [0.15, 0.2) is 5.76 Å². The lowest BCUT2D eigenvalue weighted by molar-refractivity contribution is -0.134. The first kappa shape index (κ1) is 22.9. The number of halogens is 2. The summed E-state index contributed by atoms with van der Waals surface area (Å²) in [5.74, 6) is -0.134. The molecule has 172 valence electrons. The summed E-state index contributed by atoms with van der Waals surface area (Å²) in [5, 5.41) is 2.81. The van der Waals surface area contributed by atoms with E-state index in [1.165, 1.54) is 12.1 Å². The van der Waals surface area contributed by atoms with Gasteiger partial charge in [-0.1, -0.05) is 25.4 Å². The molecule has 1 aliphatic heterocycles. The maximum Gasteiger partial charge on any atom is 0.291 e. The summed E-state index contributed by atoms with van der Waals surface area (Å²) in [7, 11) is 0. The van der Waals surface area contributed by atoms with Gasteiger partial charge in [-0.15, -0.1) is 0 Å².